The van der Waals surface area contributed by atoms with E-state index >= 15 is 0 Å². The molecule has 3 nitrogen and oxygen atoms in total. The number of hydrogen-bond donors (Lipinski definition) is 2. The monoisotopic (exact) mass is 153 g/mol. The van der Waals surface area contributed by atoms with Gasteiger partial charge in [0.05, 0.1) is 6.54 Å². The molecule has 0 aliphatic rings. The molecule has 0 fully saturated rings. The molecular weight excluding hydrogens is 138 g/mol. The molecule has 0 aliphatic carbocycles. The van der Waals surface area contributed by atoms with Crippen molar-refractivity contribution in [2.45, 2.75) is 20.3 Å². The Labute approximate surface area is 68.1 Å². The van der Waals surface area contributed by atoms with Crippen molar-refractivity contribution >= 4 is 5.96 Å². The van der Waals surface area contributed by atoms with Crippen LogP contribution in [0.1, 0.15) is 20.3 Å². The zero-order chi connectivity index (χ0) is 8.53. The Morgan fingerprint density at radius 3 is 2.91 bits per heavy atom. The van der Waals surface area contributed by atoms with Crippen LogP contribution in [0.2, 0.25) is 0 Å². The molecule has 11 heavy (non-hydrogen) atoms. The van der Waals surface area contributed by atoms with Crippen LogP contribution in [0, 0.1) is 11.8 Å². The number of aliphatic imine (C=N–C) groups is 1. The lowest BCUT2D eigenvalue weighted by molar-refractivity contribution is 0.907. The first kappa shape index (κ1) is 9.83. The van der Waals surface area contributed by atoms with E-state index in [0.29, 0.717) is 12.5 Å². The van der Waals surface area contributed by atoms with E-state index in [1.54, 1.807) is 6.92 Å². The van der Waals surface area contributed by atoms with Gasteiger partial charge in [-0.25, -0.2) is 0 Å². The second-order valence-corrected chi connectivity index (χ2v) is 2.05. The minimum Gasteiger partial charge on any atom is -0.370 e. The standard InChI is InChI=1S/C8H15N3/c1-3-5-7-11-8(9)10-6-4-2/h4,6-7H2,1-2H3,(H3,9,10,11). The summed E-state index contributed by atoms with van der Waals surface area (Å²) in [6.07, 6.45) is 1.02. The second kappa shape index (κ2) is 6.94. The Balaban J connectivity index is 3.47. The Hall–Kier alpha value is -1.17. The Kier molecular flexibility index (Phi) is 6.20. The van der Waals surface area contributed by atoms with Crippen LogP contribution in [0.5, 0.6) is 0 Å². The van der Waals surface area contributed by atoms with E-state index in [9.17, 15) is 0 Å². The van der Waals surface area contributed by atoms with Gasteiger partial charge in [0.2, 0.25) is 0 Å². The summed E-state index contributed by atoms with van der Waals surface area (Å²) >= 11 is 0. The molecule has 0 radical (unpaired) electrons. The summed E-state index contributed by atoms with van der Waals surface area (Å²) in [5, 5.41) is 2.87. The van der Waals surface area contributed by atoms with Gasteiger partial charge >= 0.3 is 0 Å². The average molecular weight is 153 g/mol. The molecule has 0 atom stereocenters. The summed E-state index contributed by atoms with van der Waals surface area (Å²) in [5.41, 5.74) is 5.47. The summed E-state index contributed by atoms with van der Waals surface area (Å²) in [7, 11) is 0. The summed E-state index contributed by atoms with van der Waals surface area (Å²) in [6, 6.07) is 0. The maximum atomic E-state index is 5.47. The molecular formula is C8H15N3. The topological polar surface area (TPSA) is 50.4 Å². The van der Waals surface area contributed by atoms with Crippen molar-refractivity contribution in [3.05, 3.63) is 0 Å². The molecule has 3 N–H and O–H groups in total. The van der Waals surface area contributed by atoms with Crippen molar-refractivity contribution < 1.29 is 0 Å². The predicted molar refractivity (Wildman–Crippen MR) is 48.2 cm³/mol. The fourth-order valence-electron chi connectivity index (χ4n) is 0.511. The summed E-state index contributed by atoms with van der Waals surface area (Å²) < 4.78 is 0. The van der Waals surface area contributed by atoms with E-state index in [2.05, 4.69) is 29.1 Å². The van der Waals surface area contributed by atoms with Gasteiger partial charge in [0, 0.05) is 6.54 Å². The van der Waals surface area contributed by atoms with Gasteiger partial charge in [0.1, 0.15) is 0 Å². The first-order valence-electron chi connectivity index (χ1n) is 3.74. The Morgan fingerprint density at radius 1 is 1.64 bits per heavy atom. The van der Waals surface area contributed by atoms with Gasteiger partial charge in [-0.1, -0.05) is 12.8 Å². The molecule has 0 aromatic carbocycles. The van der Waals surface area contributed by atoms with Gasteiger partial charge in [-0.05, 0) is 13.3 Å². The van der Waals surface area contributed by atoms with Gasteiger partial charge < -0.3 is 11.1 Å². The highest BCUT2D eigenvalue weighted by molar-refractivity contribution is 5.78. The molecule has 3 heteroatoms. The van der Waals surface area contributed by atoms with Crippen LogP contribution in [0.15, 0.2) is 4.99 Å². The lowest BCUT2D eigenvalue weighted by Gasteiger charge is -1.98. The van der Waals surface area contributed by atoms with E-state index in [-0.39, 0.29) is 0 Å². The molecule has 0 saturated heterocycles. The number of nitrogens with zero attached hydrogens (tertiary/aromatic N) is 1. The minimum absolute atomic E-state index is 0.481. The molecule has 0 amide bonds. The molecule has 0 rings (SSSR count). The number of rotatable bonds is 3. The van der Waals surface area contributed by atoms with Crippen molar-refractivity contribution in [3.8, 4) is 11.8 Å². The van der Waals surface area contributed by atoms with E-state index in [1.807, 2.05) is 0 Å². The zero-order valence-corrected chi connectivity index (χ0v) is 7.15. The van der Waals surface area contributed by atoms with E-state index < -0.39 is 0 Å². The third kappa shape index (κ3) is 6.72. The number of nitrogens with one attached hydrogen (secondary N) is 1. The largest absolute Gasteiger partial charge is 0.370 e. The highest BCUT2D eigenvalue weighted by Gasteiger charge is 1.84. The van der Waals surface area contributed by atoms with Crippen molar-refractivity contribution in [3.63, 3.8) is 0 Å². The van der Waals surface area contributed by atoms with Crippen LogP contribution in [0.25, 0.3) is 0 Å². The summed E-state index contributed by atoms with van der Waals surface area (Å²) in [5.74, 6) is 6.07. The van der Waals surface area contributed by atoms with Crippen molar-refractivity contribution in [1.82, 2.24) is 5.32 Å². The van der Waals surface area contributed by atoms with Crippen LogP contribution in [0.3, 0.4) is 0 Å². The third-order valence-electron chi connectivity index (χ3n) is 1.04. The van der Waals surface area contributed by atoms with E-state index in [4.69, 9.17) is 5.73 Å². The van der Waals surface area contributed by atoms with Crippen LogP contribution < -0.4 is 11.1 Å². The van der Waals surface area contributed by atoms with E-state index in [1.165, 1.54) is 0 Å². The molecule has 62 valence electrons. The number of guanidine groups is 1. The van der Waals surface area contributed by atoms with Gasteiger partial charge in [-0.3, -0.25) is 4.99 Å². The smallest absolute Gasteiger partial charge is 0.189 e. The number of nitrogens with two attached hydrogens (primary N) is 1. The molecule has 0 aromatic rings. The first-order valence-corrected chi connectivity index (χ1v) is 3.74. The fourth-order valence-corrected chi connectivity index (χ4v) is 0.511. The molecule has 0 spiro atoms. The van der Waals surface area contributed by atoms with Crippen molar-refractivity contribution in [2.24, 2.45) is 10.7 Å². The van der Waals surface area contributed by atoms with E-state index in [0.717, 1.165) is 13.0 Å². The van der Waals surface area contributed by atoms with Gasteiger partial charge in [-0.15, -0.1) is 5.92 Å². The van der Waals surface area contributed by atoms with Crippen LogP contribution >= 0.6 is 0 Å². The van der Waals surface area contributed by atoms with Gasteiger partial charge in [-0.2, -0.15) is 0 Å². The average Bonchev–Trinajstić information content (AvgIpc) is 2.01. The van der Waals surface area contributed by atoms with Crippen molar-refractivity contribution in [2.75, 3.05) is 13.1 Å². The van der Waals surface area contributed by atoms with Crippen molar-refractivity contribution in [1.29, 1.82) is 0 Å². The maximum absolute atomic E-state index is 5.47. The normalized spacial score (nSPS) is 10.2. The fraction of sp³-hybridized carbons (Fsp3) is 0.625. The maximum Gasteiger partial charge on any atom is 0.189 e. The van der Waals surface area contributed by atoms with Crippen LogP contribution in [-0.4, -0.2) is 19.0 Å². The highest BCUT2D eigenvalue weighted by atomic mass is 15.1. The Bertz CT molecular complexity index is 174. The summed E-state index contributed by atoms with van der Waals surface area (Å²) in [6.45, 7) is 5.21. The molecule has 0 saturated carbocycles. The SMILES string of the molecule is CC#CCNC(N)=NCCC. The van der Waals surface area contributed by atoms with Crippen LogP contribution in [0.4, 0.5) is 0 Å². The molecule has 0 aliphatic heterocycles. The third-order valence-corrected chi connectivity index (χ3v) is 1.04. The lowest BCUT2D eigenvalue weighted by Crippen LogP contribution is -2.31. The molecule has 0 heterocycles. The van der Waals surface area contributed by atoms with Gasteiger partial charge in [0.25, 0.3) is 0 Å². The zero-order valence-electron chi connectivity index (χ0n) is 7.15. The minimum atomic E-state index is 0.481. The Morgan fingerprint density at radius 2 is 2.36 bits per heavy atom. The summed E-state index contributed by atoms with van der Waals surface area (Å²) in [4.78, 5) is 4.03. The number of hydrogen-bond acceptors (Lipinski definition) is 1. The highest BCUT2D eigenvalue weighted by Crippen LogP contribution is 1.75. The van der Waals surface area contributed by atoms with Crippen LogP contribution in [-0.2, 0) is 0 Å². The molecule has 0 aromatic heterocycles. The van der Waals surface area contributed by atoms with Gasteiger partial charge in [0.15, 0.2) is 5.96 Å². The predicted octanol–water partition coefficient (Wildman–Crippen LogP) is 0.324. The molecule has 0 bridgehead atoms. The first-order chi connectivity index (χ1) is 5.31. The molecule has 0 unspecified atom stereocenters. The second-order valence-electron chi connectivity index (χ2n) is 2.05. The quantitative estimate of drug-likeness (QED) is 0.348. The lowest BCUT2D eigenvalue weighted by atomic mass is 10.5.